The first-order valence-corrected chi connectivity index (χ1v) is 6.75. The number of rotatable bonds is 7. The number of hydrogen-bond acceptors (Lipinski definition) is 4. The van der Waals surface area contributed by atoms with Crippen LogP contribution in [-0.2, 0) is 10.0 Å². The summed E-state index contributed by atoms with van der Waals surface area (Å²) in [6.45, 7) is 3.31. The Balaban J connectivity index is 5.05. The number of nitriles is 2. The Morgan fingerprint density at radius 2 is 1.94 bits per heavy atom. The Hall–Kier alpha value is -1.11. The third kappa shape index (κ3) is 3.19. The van der Waals surface area contributed by atoms with Crippen LogP contribution in [0.3, 0.4) is 0 Å². The zero-order valence-corrected chi connectivity index (χ0v) is 10.5. The molecule has 0 heterocycles. The molecule has 0 saturated carbocycles. The van der Waals surface area contributed by atoms with E-state index in [1.54, 1.807) is 13.0 Å². The lowest BCUT2D eigenvalue weighted by Crippen LogP contribution is -2.45. The molecule has 0 aromatic heterocycles. The second-order valence-corrected chi connectivity index (χ2v) is 5.62. The molecular weight excluding hydrogens is 226 g/mol. The van der Waals surface area contributed by atoms with E-state index in [0.29, 0.717) is 12.8 Å². The summed E-state index contributed by atoms with van der Waals surface area (Å²) in [5.41, 5.74) is 0. The molecule has 1 unspecified atom stereocenters. The number of unbranched alkanes of at least 4 members (excludes halogenated alkanes) is 1. The lowest BCUT2D eigenvalue weighted by Gasteiger charge is -2.24. The molecule has 0 aliphatic rings. The van der Waals surface area contributed by atoms with Gasteiger partial charge in [-0.05, 0) is 12.8 Å². The van der Waals surface area contributed by atoms with Crippen LogP contribution < -0.4 is 4.72 Å². The van der Waals surface area contributed by atoms with Crippen LogP contribution in [0.25, 0.3) is 0 Å². The molecule has 0 rings (SSSR count). The molecule has 0 radical (unpaired) electrons. The monoisotopic (exact) mass is 243 g/mol. The van der Waals surface area contributed by atoms with Crippen LogP contribution in [0.1, 0.15) is 39.5 Å². The Kier molecular flexibility index (Phi) is 6.02. The highest BCUT2D eigenvalue weighted by Gasteiger charge is 2.41. The van der Waals surface area contributed by atoms with E-state index in [1.807, 2.05) is 13.0 Å². The lowest BCUT2D eigenvalue weighted by atomic mass is 10.0. The summed E-state index contributed by atoms with van der Waals surface area (Å²) in [6.07, 6.45) is 2.04. The summed E-state index contributed by atoms with van der Waals surface area (Å²) < 4.78 is 24.5. The van der Waals surface area contributed by atoms with E-state index in [2.05, 4.69) is 4.72 Å². The molecule has 1 N–H and O–H groups in total. The summed E-state index contributed by atoms with van der Waals surface area (Å²) in [5, 5.41) is 17.4. The molecule has 0 saturated heterocycles. The van der Waals surface area contributed by atoms with E-state index in [9.17, 15) is 8.42 Å². The average molecular weight is 243 g/mol. The largest absolute Gasteiger partial charge is 0.231 e. The van der Waals surface area contributed by atoms with Crippen LogP contribution in [0.4, 0.5) is 0 Å². The van der Waals surface area contributed by atoms with Crippen LogP contribution in [0, 0.1) is 22.7 Å². The number of nitrogens with one attached hydrogen (secondary N) is 1. The van der Waals surface area contributed by atoms with Gasteiger partial charge in [-0.25, -0.2) is 8.42 Å². The minimum atomic E-state index is -3.75. The van der Waals surface area contributed by atoms with E-state index < -0.39 is 14.8 Å². The first-order chi connectivity index (χ1) is 7.49. The van der Waals surface area contributed by atoms with Crippen molar-refractivity contribution in [3.63, 3.8) is 0 Å². The van der Waals surface area contributed by atoms with Crippen molar-refractivity contribution in [3.05, 3.63) is 0 Å². The predicted octanol–water partition coefficient (Wildman–Crippen LogP) is 1.29. The molecule has 0 spiro atoms. The van der Waals surface area contributed by atoms with Gasteiger partial charge in [0.1, 0.15) is 0 Å². The van der Waals surface area contributed by atoms with Crippen molar-refractivity contribution in [1.82, 2.24) is 4.72 Å². The zero-order chi connectivity index (χ0) is 12.7. The molecule has 0 fully saturated rings. The molecule has 90 valence electrons. The average Bonchev–Trinajstić information content (AvgIpc) is 2.28. The van der Waals surface area contributed by atoms with Crippen molar-refractivity contribution >= 4 is 10.0 Å². The summed E-state index contributed by atoms with van der Waals surface area (Å²) in [7, 11) is -3.75. The van der Waals surface area contributed by atoms with Gasteiger partial charge in [0.2, 0.25) is 10.0 Å². The van der Waals surface area contributed by atoms with Gasteiger partial charge in [0.05, 0.1) is 18.7 Å². The van der Waals surface area contributed by atoms with Crippen LogP contribution in [-0.4, -0.2) is 19.7 Å². The van der Waals surface area contributed by atoms with E-state index in [4.69, 9.17) is 10.5 Å². The molecule has 0 aliphatic carbocycles. The highest BCUT2D eigenvalue weighted by molar-refractivity contribution is 7.91. The minimum absolute atomic E-state index is 0.226. The van der Waals surface area contributed by atoms with Crippen molar-refractivity contribution < 1.29 is 8.42 Å². The van der Waals surface area contributed by atoms with Crippen LogP contribution in [0.15, 0.2) is 0 Å². The van der Waals surface area contributed by atoms with E-state index in [0.717, 1.165) is 6.42 Å². The van der Waals surface area contributed by atoms with Crippen molar-refractivity contribution in [2.45, 2.75) is 44.3 Å². The standard InChI is InChI=1S/C10H17N3O2S/c1-3-5-6-10(4-2,9-12)16(14,15)13-8-7-11/h13H,3-6,8H2,1-2H3. The fraction of sp³-hybridized carbons (Fsp3) is 0.800. The van der Waals surface area contributed by atoms with Gasteiger partial charge in [0.15, 0.2) is 4.75 Å². The molecule has 0 amide bonds. The normalized spacial score (nSPS) is 14.8. The maximum absolute atomic E-state index is 11.9. The van der Waals surface area contributed by atoms with E-state index in [-0.39, 0.29) is 13.0 Å². The van der Waals surface area contributed by atoms with Gasteiger partial charge < -0.3 is 0 Å². The topological polar surface area (TPSA) is 93.8 Å². The minimum Gasteiger partial charge on any atom is -0.211 e. The molecule has 0 aromatic rings. The number of hydrogen-bond donors (Lipinski definition) is 1. The highest BCUT2D eigenvalue weighted by Crippen LogP contribution is 2.26. The smallest absolute Gasteiger partial charge is 0.211 e. The molecule has 16 heavy (non-hydrogen) atoms. The molecule has 5 nitrogen and oxygen atoms in total. The molecule has 0 aliphatic heterocycles. The fourth-order valence-electron chi connectivity index (χ4n) is 1.42. The van der Waals surface area contributed by atoms with Gasteiger partial charge in [-0.3, -0.25) is 0 Å². The fourth-order valence-corrected chi connectivity index (χ4v) is 2.87. The zero-order valence-electron chi connectivity index (χ0n) is 9.65. The van der Waals surface area contributed by atoms with Crippen molar-refractivity contribution in [3.8, 4) is 12.1 Å². The van der Waals surface area contributed by atoms with Crippen molar-refractivity contribution in [1.29, 1.82) is 10.5 Å². The quantitative estimate of drug-likeness (QED) is 0.682. The van der Waals surface area contributed by atoms with Gasteiger partial charge in [0, 0.05) is 0 Å². The van der Waals surface area contributed by atoms with Crippen molar-refractivity contribution in [2.24, 2.45) is 0 Å². The van der Waals surface area contributed by atoms with Gasteiger partial charge in [0.25, 0.3) is 0 Å². The molecule has 1 atom stereocenters. The molecule has 0 bridgehead atoms. The van der Waals surface area contributed by atoms with Gasteiger partial charge >= 0.3 is 0 Å². The predicted molar refractivity (Wildman–Crippen MR) is 60.7 cm³/mol. The summed E-state index contributed by atoms with van der Waals surface area (Å²) in [6, 6.07) is 3.59. The SMILES string of the molecule is CCCCC(C#N)(CC)S(=O)(=O)NCC#N. The maximum Gasteiger partial charge on any atom is 0.231 e. The van der Waals surface area contributed by atoms with Crippen LogP contribution >= 0.6 is 0 Å². The van der Waals surface area contributed by atoms with E-state index in [1.165, 1.54) is 0 Å². The lowest BCUT2D eigenvalue weighted by molar-refractivity contribution is 0.507. The third-order valence-corrected chi connectivity index (χ3v) is 4.70. The second kappa shape index (κ2) is 6.47. The van der Waals surface area contributed by atoms with Gasteiger partial charge in [-0.2, -0.15) is 15.2 Å². The van der Waals surface area contributed by atoms with Crippen LogP contribution in [0.5, 0.6) is 0 Å². The Morgan fingerprint density at radius 3 is 2.31 bits per heavy atom. The van der Waals surface area contributed by atoms with Gasteiger partial charge in [-0.15, -0.1) is 0 Å². The Bertz CT molecular complexity index is 391. The summed E-state index contributed by atoms with van der Waals surface area (Å²) in [5.74, 6) is 0. The molecular formula is C10H17N3O2S. The van der Waals surface area contributed by atoms with Gasteiger partial charge in [-0.1, -0.05) is 26.7 Å². The number of nitrogens with zero attached hydrogens (tertiary/aromatic N) is 2. The number of sulfonamides is 1. The van der Waals surface area contributed by atoms with Crippen LogP contribution in [0.2, 0.25) is 0 Å². The molecule has 0 aromatic carbocycles. The molecule has 6 heteroatoms. The Morgan fingerprint density at radius 1 is 1.31 bits per heavy atom. The van der Waals surface area contributed by atoms with E-state index >= 15 is 0 Å². The first-order valence-electron chi connectivity index (χ1n) is 5.27. The summed E-state index contributed by atoms with van der Waals surface area (Å²) in [4.78, 5) is 0. The summed E-state index contributed by atoms with van der Waals surface area (Å²) >= 11 is 0. The first kappa shape index (κ1) is 14.9. The second-order valence-electron chi connectivity index (χ2n) is 3.55. The highest BCUT2D eigenvalue weighted by atomic mass is 32.2. The Labute approximate surface area is 97.1 Å². The van der Waals surface area contributed by atoms with Crippen molar-refractivity contribution in [2.75, 3.05) is 6.54 Å². The third-order valence-electron chi connectivity index (χ3n) is 2.56. The maximum atomic E-state index is 11.9.